The first-order valence-electron chi connectivity index (χ1n) is 3.65. The molecule has 0 bridgehead atoms. The SMILES string of the molecule is O=[N+]([O-])CCSCCSCCO. The van der Waals surface area contributed by atoms with E-state index in [4.69, 9.17) is 5.11 Å². The maximum absolute atomic E-state index is 9.89. The molecule has 0 unspecified atom stereocenters. The average Bonchev–Trinajstić information content (AvgIpc) is 2.02. The van der Waals surface area contributed by atoms with Gasteiger partial charge in [0.15, 0.2) is 0 Å². The van der Waals surface area contributed by atoms with E-state index in [-0.39, 0.29) is 18.1 Å². The molecule has 6 heteroatoms. The summed E-state index contributed by atoms with van der Waals surface area (Å²) in [6.45, 7) is 0.263. The summed E-state index contributed by atoms with van der Waals surface area (Å²) in [5.41, 5.74) is 0. The third-order valence-corrected chi connectivity index (χ3v) is 3.21. The van der Waals surface area contributed by atoms with E-state index in [1.54, 1.807) is 23.5 Å². The zero-order valence-electron chi connectivity index (χ0n) is 6.77. The Morgan fingerprint density at radius 3 is 2.25 bits per heavy atom. The van der Waals surface area contributed by atoms with Gasteiger partial charge in [0.2, 0.25) is 6.54 Å². The smallest absolute Gasteiger partial charge is 0.212 e. The molecular weight excluding hydrogens is 198 g/mol. The summed E-state index contributed by atoms with van der Waals surface area (Å²) in [6, 6.07) is 0. The molecule has 0 aliphatic heterocycles. The van der Waals surface area contributed by atoms with E-state index in [1.807, 2.05) is 0 Å². The monoisotopic (exact) mass is 211 g/mol. The largest absolute Gasteiger partial charge is 0.396 e. The fraction of sp³-hybridized carbons (Fsp3) is 1.00. The fourth-order valence-corrected chi connectivity index (χ4v) is 2.28. The average molecular weight is 211 g/mol. The van der Waals surface area contributed by atoms with Crippen molar-refractivity contribution >= 4 is 23.5 Å². The predicted octanol–water partition coefficient (Wildman–Crippen LogP) is 0.722. The number of nitrogens with zero attached hydrogens (tertiary/aromatic N) is 1. The maximum Gasteiger partial charge on any atom is 0.212 e. The van der Waals surface area contributed by atoms with E-state index in [1.165, 1.54) is 0 Å². The Morgan fingerprint density at radius 2 is 1.75 bits per heavy atom. The van der Waals surface area contributed by atoms with Gasteiger partial charge in [-0.2, -0.15) is 23.5 Å². The van der Waals surface area contributed by atoms with E-state index in [0.29, 0.717) is 5.75 Å². The molecule has 4 nitrogen and oxygen atoms in total. The molecule has 0 rings (SSSR count). The number of hydrogen-bond acceptors (Lipinski definition) is 5. The van der Waals surface area contributed by atoms with E-state index in [0.717, 1.165) is 17.3 Å². The van der Waals surface area contributed by atoms with Gasteiger partial charge < -0.3 is 5.11 Å². The van der Waals surface area contributed by atoms with Crippen molar-refractivity contribution in [3.63, 3.8) is 0 Å². The summed E-state index contributed by atoms with van der Waals surface area (Å²) < 4.78 is 0. The lowest BCUT2D eigenvalue weighted by Crippen LogP contribution is -2.03. The predicted molar refractivity (Wildman–Crippen MR) is 53.6 cm³/mol. The number of hydrogen-bond donors (Lipinski definition) is 1. The second-order valence-corrected chi connectivity index (χ2v) is 4.45. The quantitative estimate of drug-likeness (QED) is 0.364. The Hall–Kier alpha value is 0.0600. The van der Waals surface area contributed by atoms with Crippen LogP contribution in [0.1, 0.15) is 0 Å². The third kappa shape index (κ3) is 10.1. The molecular formula is C6H13NO3S2. The number of thioether (sulfide) groups is 2. The lowest BCUT2D eigenvalue weighted by molar-refractivity contribution is -0.474. The summed E-state index contributed by atoms with van der Waals surface area (Å²) in [5.74, 6) is 3.24. The molecule has 12 heavy (non-hydrogen) atoms. The van der Waals surface area contributed by atoms with Gasteiger partial charge in [-0.25, -0.2) is 0 Å². The fourth-order valence-electron chi connectivity index (χ4n) is 0.526. The highest BCUT2D eigenvalue weighted by molar-refractivity contribution is 8.02. The number of aliphatic hydroxyl groups is 1. The highest BCUT2D eigenvalue weighted by Gasteiger charge is 1.96. The van der Waals surface area contributed by atoms with Crippen molar-refractivity contribution in [2.24, 2.45) is 0 Å². The van der Waals surface area contributed by atoms with Crippen LogP contribution in [0.5, 0.6) is 0 Å². The van der Waals surface area contributed by atoms with Crippen LogP contribution < -0.4 is 0 Å². The van der Waals surface area contributed by atoms with Gasteiger partial charge in [-0.1, -0.05) is 0 Å². The van der Waals surface area contributed by atoms with Crippen LogP contribution in [0.25, 0.3) is 0 Å². The maximum atomic E-state index is 9.89. The van der Waals surface area contributed by atoms with Crippen molar-refractivity contribution in [3.05, 3.63) is 10.1 Å². The summed E-state index contributed by atoms with van der Waals surface area (Å²) in [5, 5.41) is 18.3. The van der Waals surface area contributed by atoms with E-state index in [2.05, 4.69) is 0 Å². The van der Waals surface area contributed by atoms with Gasteiger partial charge in [0.25, 0.3) is 0 Å². The summed E-state index contributed by atoms with van der Waals surface area (Å²) in [4.78, 5) is 9.59. The topological polar surface area (TPSA) is 63.4 Å². The molecule has 0 saturated carbocycles. The molecule has 0 aliphatic rings. The van der Waals surface area contributed by atoms with Gasteiger partial charge in [0.1, 0.15) is 0 Å². The molecule has 0 aliphatic carbocycles. The van der Waals surface area contributed by atoms with E-state index < -0.39 is 0 Å². The minimum Gasteiger partial charge on any atom is -0.396 e. The molecule has 1 N–H and O–H groups in total. The second-order valence-electron chi connectivity index (χ2n) is 2.00. The lowest BCUT2D eigenvalue weighted by Gasteiger charge is -1.97. The standard InChI is InChI=1S/C6H13NO3S2/c8-2-4-12-6-5-11-3-1-7(9)10/h8H,1-6H2. The third-order valence-electron chi connectivity index (χ3n) is 1.03. The zero-order chi connectivity index (χ0) is 9.23. The second kappa shape index (κ2) is 9.15. The highest BCUT2D eigenvalue weighted by atomic mass is 32.2. The molecule has 0 aromatic heterocycles. The van der Waals surface area contributed by atoms with Gasteiger partial charge in [0, 0.05) is 22.2 Å². The van der Waals surface area contributed by atoms with Crippen LogP contribution in [0, 0.1) is 10.1 Å². The minimum absolute atomic E-state index is 0.0509. The Morgan fingerprint density at radius 1 is 1.17 bits per heavy atom. The van der Waals surface area contributed by atoms with Gasteiger partial charge in [-0.3, -0.25) is 10.1 Å². The lowest BCUT2D eigenvalue weighted by atomic mass is 10.8. The first-order chi connectivity index (χ1) is 5.77. The van der Waals surface area contributed by atoms with Crippen molar-refractivity contribution in [1.82, 2.24) is 0 Å². The molecule has 0 spiro atoms. The van der Waals surface area contributed by atoms with Gasteiger partial charge >= 0.3 is 0 Å². The van der Waals surface area contributed by atoms with Crippen molar-refractivity contribution in [2.75, 3.05) is 36.2 Å². The van der Waals surface area contributed by atoms with E-state index >= 15 is 0 Å². The van der Waals surface area contributed by atoms with Crippen molar-refractivity contribution in [3.8, 4) is 0 Å². The van der Waals surface area contributed by atoms with E-state index in [9.17, 15) is 10.1 Å². The highest BCUT2D eigenvalue weighted by Crippen LogP contribution is 2.05. The Balaban J connectivity index is 2.86. The summed E-state index contributed by atoms with van der Waals surface area (Å²) in [7, 11) is 0. The number of rotatable bonds is 8. The van der Waals surface area contributed by atoms with Crippen LogP contribution in [0.15, 0.2) is 0 Å². The van der Waals surface area contributed by atoms with Gasteiger partial charge in [-0.05, 0) is 0 Å². The number of aliphatic hydroxyl groups excluding tert-OH is 1. The van der Waals surface area contributed by atoms with Gasteiger partial charge in [-0.15, -0.1) is 0 Å². The minimum atomic E-state index is -0.298. The van der Waals surface area contributed by atoms with Crippen molar-refractivity contribution in [2.45, 2.75) is 0 Å². The van der Waals surface area contributed by atoms with Gasteiger partial charge in [0.05, 0.1) is 12.4 Å². The molecule has 0 fully saturated rings. The number of nitro groups is 1. The van der Waals surface area contributed by atoms with Crippen molar-refractivity contribution in [1.29, 1.82) is 0 Å². The molecule has 0 saturated heterocycles. The van der Waals surface area contributed by atoms with Crippen LogP contribution in [0.4, 0.5) is 0 Å². The molecule has 0 amide bonds. The molecule has 0 radical (unpaired) electrons. The van der Waals surface area contributed by atoms with Crippen LogP contribution in [-0.2, 0) is 0 Å². The van der Waals surface area contributed by atoms with Crippen molar-refractivity contribution < 1.29 is 10.0 Å². The Labute approximate surface area is 80.3 Å². The Bertz CT molecular complexity index is 123. The summed E-state index contributed by atoms with van der Waals surface area (Å²) >= 11 is 3.26. The molecule has 0 aromatic rings. The van der Waals surface area contributed by atoms with Crippen LogP contribution in [-0.4, -0.2) is 46.2 Å². The Kier molecular flexibility index (Phi) is 9.20. The van der Waals surface area contributed by atoms with Crippen LogP contribution >= 0.6 is 23.5 Å². The molecule has 0 heterocycles. The van der Waals surface area contributed by atoms with Crippen LogP contribution in [0.3, 0.4) is 0 Å². The molecule has 0 aromatic carbocycles. The first kappa shape index (κ1) is 12.1. The normalized spacial score (nSPS) is 10.1. The first-order valence-corrected chi connectivity index (χ1v) is 5.96. The molecule has 0 atom stereocenters. The molecule has 72 valence electrons. The van der Waals surface area contributed by atoms with Crippen LogP contribution in [0.2, 0.25) is 0 Å². The zero-order valence-corrected chi connectivity index (χ0v) is 8.40. The summed E-state index contributed by atoms with van der Waals surface area (Å²) in [6.07, 6.45) is 0.